The van der Waals surface area contributed by atoms with E-state index >= 15 is 0 Å². The Bertz CT molecular complexity index is 1170. The maximum atomic E-state index is 13.5. The highest BCUT2D eigenvalue weighted by Gasteiger charge is 2.60. The zero-order chi connectivity index (χ0) is 21.7. The van der Waals surface area contributed by atoms with E-state index in [9.17, 15) is 14.0 Å². The van der Waals surface area contributed by atoms with Gasteiger partial charge in [0, 0.05) is 10.0 Å². The fourth-order valence-corrected chi connectivity index (χ4v) is 4.64. The summed E-state index contributed by atoms with van der Waals surface area (Å²) >= 11 is 12.6. The van der Waals surface area contributed by atoms with Crippen LogP contribution in [0, 0.1) is 11.7 Å². The number of halogens is 3. The van der Waals surface area contributed by atoms with Gasteiger partial charge in [-0.05, 0) is 54.1 Å². The third-order valence-corrected chi connectivity index (χ3v) is 6.05. The van der Waals surface area contributed by atoms with Crippen LogP contribution < -0.4 is 9.96 Å². The summed E-state index contributed by atoms with van der Waals surface area (Å²) in [6, 6.07) is 18.7. The maximum absolute atomic E-state index is 13.5. The van der Waals surface area contributed by atoms with Crippen LogP contribution in [0.3, 0.4) is 0 Å². The van der Waals surface area contributed by atoms with Gasteiger partial charge in [0.05, 0.1) is 17.4 Å². The molecule has 0 bridgehead atoms. The van der Waals surface area contributed by atoms with E-state index < -0.39 is 35.7 Å². The summed E-state index contributed by atoms with van der Waals surface area (Å²) in [6.45, 7) is 0. The van der Waals surface area contributed by atoms with Crippen molar-refractivity contribution >= 4 is 46.4 Å². The molecule has 2 saturated heterocycles. The first-order valence-electron chi connectivity index (χ1n) is 9.55. The van der Waals surface area contributed by atoms with E-state index in [1.54, 1.807) is 23.3 Å². The van der Waals surface area contributed by atoms with Crippen molar-refractivity contribution in [1.29, 1.82) is 0 Å². The number of hydrogen-bond acceptors (Lipinski definition) is 4. The molecule has 5 nitrogen and oxygen atoms in total. The lowest BCUT2D eigenvalue weighted by atomic mass is 9.90. The predicted octanol–water partition coefficient (Wildman–Crippen LogP) is 5.18. The molecule has 5 rings (SSSR count). The van der Waals surface area contributed by atoms with E-state index in [4.69, 9.17) is 28.0 Å². The number of carbonyl (C=O) groups excluding carboxylic acids is 2. The minimum absolute atomic E-state index is 0.293. The van der Waals surface area contributed by atoms with Gasteiger partial charge in [-0.25, -0.2) is 14.4 Å². The molecular weight excluding hydrogens is 442 g/mol. The summed E-state index contributed by atoms with van der Waals surface area (Å²) in [7, 11) is 0. The highest BCUT2D eigenvalue weighted by molar-refractivity contribution is 6.35. The SMILES string of the molecule is O=C1[C@@H]2[C@@H](c3ccc(Cl)cc3Cl)N(c3ccccc3)O[C@H]2C(=O)N1c1ccc(F)cc1. The first-order chi connectivity index (χ1) is 15.0. The Morgan fingerprint density at radius 1 is 0.839 bits per heavy atom. The number of hydroxylamine groups is 1. The van der Waals surface area contributed by atoms with E-state index in [1.807, 2.05) is 30.3 Å². The third-order valence-electron chi connectivity index (χ3n) is 5.49. The number of hydrogen-bond donors (Lipinski definition) is 0. The first kappa shape index (κ1) is 20.0. The standard InChI is InChI=1S/C23H15Cl2FN2O3/c24-13-6-11-17(18(25)12-13)20-19-21(31-28(20)16-4-2-1-3-5-16)23(30)27(22(19)29)15-9-7-14(26)8-10-15/h1-12,19-21H/t19-,20-,21-/m1/s1. The third kappa shape index (κ3) is 3.28. The Kier molecular flexibility index (Phi) is 4.93. The topological polar surface area (TPSA) is 49.9 Å². The summed E-state index contributed by atoms with van der Waals surface area (Å²) in [5.74, 6) is -2.23. The second-order valence-electron chi connectivity index (χ2n) is 7.31. The van der Waals surface area contributed by atoms with E-state index in [-0.39, 0.29) is 0 Å². The number of anilines is 2. The van der Waals surface area contributed by atoms with Crippen LogP contribution >= 0.6 is 23.2 Å². The van der Waals surface area contributed by atoms with Crippen molar-refractivity contribution in [2.75, 3.05) is 9.96 Å². The van der Waals surface area contributed by atoms with Gasteiger partial charge < -0.3 is 0 Å². The van der Waals surface area contributed by atoms with Gasteiger partial charge in [0.25, 0.3) is 5.91 Å². The van der Waals surface area contributed by atoms with Gasteiger partial charge in [-0.3, -0.25) is 14.4 Å². The van der Waals surface area contributed by atoms with E-state index in [2.05, 4.69) is 0 Å². The van der Waals surface area contributed by atoms with E-state index in [1.165, 1.54) is 24.3 Å². The summed E-state index contributed by atoms with van der Waals surface area (Å²) in [4.78, 5) is 33.7. The zero-order valence-electron chi connectivity index (χ0n) is 15.9. The van der Waals surface area contributed by atoms with E-state index in [0.29, 0.717) is 27.0 Å². The molecule has 0 N–H and O–H groups in total. The molecule has 156 valence electrons. The fourth-order valence-electron chi connectivity index (χ4n) is 4.12. The molecule has 0 unspecified atom stereocenters. The van der Waals surface area contributed by atoms with Crippen molar-refractivity contribution in [3.05, 3.63) is 94.2 Å². The van der Waals surface area contributed by atoms with Crippen LogP contribution in [0.4, 0.5) is 15.8 Å². The molecule has 3 atom stereocenters. The van der Waals surface area contributed by atoms with Crippen LogP contribution in [0.15, 0.2) is 72.8 Å². The van der Waals surface area contributed by atoms with Gasteiger partial charge >= 0.3 is 0 Å². The normalized spacial score (nSPS) is 22.9. The molecule has 8 heteroatoms. The minimum atomic E-state index is -1.03. The van der Waals surface area contributed by atoms with Crippen LogP contribution in [0.5, 0.6) is 0 Å². The fraction of sp³-hybridized carbons (Fsp3) is 0.130. The molecular formula is C23H15Cl2FN2O3. The van der Waals surface area contributed by atoms with Crippen LogP contribution in [-0.4, -0.2) is 17.9 Å². The number of carbonyl (C=O) groups is 2. The quantitative estimate of drug-likeness (QED) is 0.509. The number of para-hydroxylation sites is 1. The van der Waals surface area contributed by atoms with Crippen LogP contribution in [0.2, 0.25) is 10.0 Å². The number of amides is 2. The minimum Gasteiger partial charge on any atom is -0.273 e. The van der Waals surface area contributed by atoms with Crippen molar-refractivity contribution < 1.29 is 18.8 Å². The lowest BCUT2D eigenvalue weighted by molar-refractivity contribution is -0.126. The van der Waals surface area contributed by atoms with Gasteiger partial charge in [0.15, 0.2) is 6.10 Å². The van der Waals surface area contributed by atoms with Gasteiger partial charge in [0.1, 0.15) is 11.7 Å². The molecule has 3 aromatic rings. The highest BCUT2D eigenvalue weighted by Crippen LogP contribution is 2.49. The Morgan fingerprint density at radius 3 is 2.23 bits per heavy atom. The Labute approximate surface area is 187 Å². The average Bonchev–Trinajstić information content (AvgIpc) is 3.26. The van der Waals surface area contributed by atoms with E-state index in [0.717, 1.165) is 4.90 Å². The van der Waals surface area contributed by atoms with Gasteiger partial charge in [0.2, 0.25) is 5.91 Å². The molecule has 0 radical (unpaired) electrons. The van der Waals surface area contributed by atoms with Crippen LogP contribution in [0.25, 0.3) is 0 Å². The van der Waals surface area contributed by atoms with Crippen molar-refractivity contribution in [3.8, 4) is 0 Å². The molecule has 2 amide bonds. The first-order valence-corrected chi connectivity index (χ1v) is 10.3. The predicted molar refractivity (Wildman–Crippen MR) is 115 cm³/mol. The lowest BCUT2D eigenvalue weighted by Gasteiger charge is -2.29. The highest BCUT2D eigenvalue weighted by atomic mass is 35.5. The largest absolute Gasteiger partial charge is 0.273 e. The number of benzene rings is 3. The molecule has 2 aliphatic rings. The average molecular weight is 457 g/mol. The second-order valence-corrected chi connectivity index (χ2v) is 8.16. The zero-order valence-corrected chi connectivity index (χ0v) is 17.4. The Balaban J connectivity index is 1.61. The monoisotopic (exact) mass is 456 g/mol. The Hall–Kier alpha value is -2.93. The molecule has 0 spiro atoms. The molecule has 0 aliphatic carbocycles. The molecule has 0 saturated carbocycles. The number of nitrogens with zero attached hydrogens (tertiary/aromatic N) is 2. The molecule has 2 heterocycles. The molecule has 3 aromatic carbocycles. The van der Waals surface area contributed by atoms with Crippen molar-refractivity contribution in [2.45, 2.75) is 12.1 Å². The summed E-state index contributed by atoms with van der Waals surface area (Å²) < 4.78 is 13.4. The molecule has 2 fully saturated rings. The maximum Gasteiger partial charge on any atom is 0.266 e. The molecule has 2 aliphatic heterocycles. The van der Waals surface area contributed by atoms with Crippen molar-refractivity contribution in [1.82, 2.24) is 0 Å². The Morgan fingerprint density at radius 2 is 1.55 bits per heavy atom. The van der Waals surface area contributed by atoms with Gasteiger partial charge in [-0.15, -0.1) is 0 Å². The van der Waals surface area contributed by atoms with Gasteiger partial charge in [-0.2, -0.15) is 0 Å². The van der Waals surface area contributed by atoms with Gasteiger partial charge in [-0.1, -0.05) is 47.5 Å². The number of rotatable bonds is 3. The smallest absolute Gasteiger partial charge is 0.266 e. The summed E-state index contributed by atoms with van der Waals surface area (Å²) in [5, 5.41) is 2.38. The second kappa shape index (κ2) is 7.64. The van der Waals surface area contributed by atoms with Crippen molar-refractivity contribution in [3.63, 3.8) is 0 Å². The molecule has 0 aromatic heterocycles. The van der Waals surface area contributed by atoms with Crippen LogP contribution in [-0.2, 0) is 14.4 Å². The molecule has 31 heavy (non-hydrogen) atoms. The summed E-state index contributed by atoms with van der Waals surface area (Å²) in [5.41, 5.74) is 1.59. The van der Waals surface area contributed by atoms with Crippen LogP contribution in [0.1, 0.15) is 11.6 Å². The number of imide groups is 1. The number of fused-ring (bicyclic) bond motifs is 1. The summed E-state index contributed by atoms with van der Waals surface area (Å²) in [6.07, 6.45) is -1.03. The lowest BCUT2D eigenvalue weighted by Crippen LogP contribution is -2.37. The van der Waals surface area contributed by atoms with Crippen molar-refractivity contribution in [2.24, 2.45) is 5.92 Å².